The predicted octanol–water partition coefficient (Wildman–Crippen LogP) is 6.75. The number of ether oxygens (including phenoxy) is 1. The second-order valence-electron chi connectivity index (χ2n) is 6.96. The normalized spacial score (nSPS) is 11.5. The van der Waals surface area contributed by atoms with Gasteiger partial charge in [-0.2, -0.15) is 0 Å². The minimum absolute atomic E-state index is 0.00543. The van der Waals surface area contributed by atoms with E-state index in [-0.39, 0.29) is 10.2 Å². The van der Waals surface area contributed by atoms with E-state index in [0.717, 1.165) is 39.1 Å². The third kappa shape index (κ3) is 3.11. The molecular formula is C23H15F3N2OS. The highest BCUT2D eigenvalue weighted by molar-refractivity contribution is 7.21. The first kappa shape index (κ1) is 18.7. The number of fused-ring (bicyclic) bond motifs is 2. The number of thiazole rings is 1. The van der Waals surface area contributed by atoms with Crippen molar-refractivity contribution >= 4 is 32.5 Å². The van der Waals surface area contributed by atoms with Crippen LogP contribution in [0.1, 0.15) is 11.3 Å². The van der Waals surface area contributed by atoms with Crippen molar-refractivity contribution in [2.24, 2.45) is 0 Å². The van der Waals surface area contributed by atoms with Gasteiger partial charge in [-0.05, 0) is 30.7 Å². The van der Waals surface area contributed by atoms with E-state index < -0.39 is 17.5 Å². The summed E-state index contributed by atoms with van der Waals surface area (Å²) in [6.07, 6.45) is 0. The third-order valence-corrected chi connectivity index (χ3v) is 6.02. The second-order valence-corrected chi connectivity index (χ2v) is 7.96. The lowest BCUT2D eigenvalue weighted by atomic mass is 10.1. The zero-order valence-electron chi connectivity index (χ0n) is 15.8. The van der Waals surface area contributed by atoms with Gasteiger partial charge >= 0.3 is 0 Å². The van der Waals surface area contributed by atoms with Crippen molar-refractivity contribution in [3.8, 4) is 16.3 Å². The van der Waals surface area contributed by atoms with Crippen LogP contribution >= 0.6 is 11.3 Å². The lowest BCUT2D eigenvalue weighted by Crippen LogP contribution is -1.94. The smallest absolute Gasteiger partial charge is 0.186 e. The van der Waals surface area contributed by atoms with E-state index in [4.69, 9.17) is 4.74 Å². The summed E-state index contributed by atoms with van der Waals surface area (Å²) in [6, 6.07) is 16.0. The van der Waals surface area contributed by atoms with Gasteiger partial charge in [-0.3, -0.25) is 0 Å². The Morgan fingerprint density at radius 2 is 1.80 bits per heavy atom. The highest BCUT2D eigenvalue weighted by Crippen LogP contribution is 2.40. The number of benzene rings is 3. The van der Waals surface area contributed by atoms with E-state index in [2.05, 4.69) is 9.97 Å². The monoisotopic (exact) mass is 424 g/mol. The van der Waals surface area contributed by atoms with E-state index in [1.165, 1.54) is 0 Å². The standard InChI is InChI=1S/C23H15F3N2OS/c1-12-19(23-28-21-20(26)16(24)10-17(25)22(21)30-23)15-9-14(7-8-18(15)27-12)29-11-13-5-3-2-4-6-13/h2-10,27H,11H2,1H3. The van der Waals surface area contributed by atoms with Crippen molar-refractivity contribution in [1.82, 2.24) is 9.97 Å². The Bertz CT molecular complexity index is 1390. The molecule has 0 amide bonds. The van der Waals surface area contributed by atoms with Gasteiger partial charge in [-0.25, -0.2) is 18.2 Å². The molecule has 0 saturated heterocycles. The van der Waals surface area contributed by atoms with Gasteiger partial charge in [0.1, 0.15) is 28.7 Å². The summed E-state index contributed by atoms with van der Waals surface area (Å²) in [4.78, 5) is 7.47. The largest absolute Gasteiger partial charge is 0.489 e. The molecule has 0 aliphatic heterocycles. The van der Waals surface area contributed by atoms with E-state index in [1.807, 2.05) is 55.5 Å². The van der Waals surface area contributed by atoms with Gasteiger partial charge in [0.05, 0.1) is 4.70 Å². The summed E-state index contributed by atoms with van der Waals surface area (Å²) in [5.41, 5.74) is 3.11. The van der Waals surface area contributed by atoms with Crippen LogP contribution in [0.5, 0.6) is 5.75 Å². The fraction of sp³-hybridized carbons (Fsp3) is 0.0870. The van der Waals surface area contributed by atoms with Crippen LogP contribution in [0.25, 0.3) is 31.7 Å². The van der Waals surface area contributed by atoms with Crippen molar-refractivity contribution in [3.05, 3.63) is 83.3 Å². The number of hydrogen-bond acceptors (Lipinski definition) is 3. The Balaban J connectivity index is 1.59. The molecule has 5 aromatic rings. The minimum Gasteiger partial charge on any atom is -0.489 e. The van der Waals surface area contributed by atoms with E-state index in [9.17, 15) is 13.2 Å². The van der Waals surface area contributed by atoms with Gasteiger partial charge in [-0.1, -0.05) is 30.3 Å². The van der Waals surface area contributed by atoms with Crippen LogP contribution in [0.2, 0.25) is 0 Å². The quantitative estimate of drug-likeness (QED) is 0.324. The highest BCUT2D eigenvalue weighted by atomic mass is 32.1. The molecule has 150 valence electrons. The maximum absolute atomic E-state index is 14.2. The van der Waals surface area contributed by atoms with Gasteiger partial charge in [0.2, 0.25) is 0 Å². The summed E-state index contributed by atoms with van der Waals surface area (Å²) in [7, 11) is 0. The van der Waals surface area contributed by atoms with Crippen molar-refractivity contribution in [2.75, 3.05) is 0 Å². The number of aromatic amines is 1. The molecule has 2 aromatic heterocycles. The number of H-pyrrole nitrogens is 1. The van der Waals surface area contributed by atoms with Crippen molar-refractivity contribution < 1.29 is 17.9 Å². The lowest BCUT2D eigenvalue weighted by molar-refractivity contribution is 0.306. The van der Waals surface area contributed by atoms with Crippen molar-refractivity contribution in [1.29, 1.82) is 0 Å². The van der Waals surface area contributed by atoms with Crippen LogP contribution in [0, 0.1) is 24.4 Å². The molecule has 7 heteroatoms. The Kier molecular flexibility index (Phi) is 4.47. The van der Waals surface area contributed by atoms with E-state index >= 15 is 0 Å². The Morgan fingerprint density at radius 1 is 1.00 bits per heavy atom. The molecule has 0 fully saturated rings. The Morgan fingerprint density at radius 3 is 2.60 bits per heavy atom. The molecule has 1 N–H and O–H groups in total. The molecule has 0 spiro atoms. The molecule has 30 heavy (non-hydrogen) atoms. The van der Waals surface area contributed by atoms with Crippen LogP contribution in [-0.2, 0) is 6.61 Å². The topological polar surface area (TPSA) is 37.9 Å². The molecule has 2 heterocycles. The predicted molar refractivity (Wildman–Crippen MR) is 112 cm³/mol. The molecule has 0 aliphatic rings. The summed E-state index contributed by atoms with van der Waals surface area (Å²) in [5, 5.41) is 1.23. The number of halogens is 3. The number of nitrogens with one attached hydrogen (secondary N) is 1. The summed E-state index contributed by atoms with van der Waals surface area (Å²) in [5.74, 6) is -2.55. The molecule has 3 nitrogen and oxygen atoms in total. The highest BCUT2D eigenvalue weighted by Gasteiger charge is 2.21. The average Bonchev–Trinajstić information content (AvgIpc) is 3.32. The summed E-state index contributed by atoms with van der Waals surface area (Å²) in [6.45, 7) is 2.28. The van der Waals surface area contributed by atoms with Crippen LogP contribution in [-0.4, -0.2) is 9.97 Å². The zero-order valence-corrected chi connectivity index (χ0v) is 16.6. The second kappa shape index (κ2) is 7.18. The number of rotatable bonds is 4. The first-order valence-electron chi connectivity index (χ1n) is 9.24. The number of aryl methyl sites for hydroxylation is 1. The SMILES string of the molecule is Cc1[nH]c2ccc(OCc3ccccc3)cc2c1-c1nc2c(F)c(F)cc(F)c2s1. The maximum Gasteiger partial charge on any atom is 0.186 e. The molecule has 0 unspecified atom stereocenters. The number of aromatic nitrogens is 2. The van der Waals surface area contributed by atoms with Crippen molar-refractivity contribution in [2.45, 2.75) is 13.5 Å². The van der Waals surface area contributed by atoms with Crippen LogP contribution in [0.3, 0.4) is 0 Å². The Labute approximate surface area is 173 Å². The number of nitrogens with zero attached hydrogens (tertiary/aromatic N) is 1. The van der Waals surface area contributed by atoms with Gasteiger partial charge in [0, 0.05) is 28.2 Å². The molecule has 0 radical (unpaired) electrons. The first-order chi connectivity index (χ1) is 14.5. The molecule has 0 aliphatic carbocycles. The van der Waals surface area contributed by atoms with E-state index in [0.29, 0.717) is 23.4 Å². The first-order valence-corrected chi connectivity index (χ1v) is 10.1. The minimum atomic E-state index is -1.25. The van der Waals surface area contributed by atoms with Crippen LogP contribution < -0.4 is 4.74 Å². The van der Waals surface area contributed by atoms with Gasteiger partial charge < -0.3 is 9.72 Å². The van der Waals surface area contributed by atoms with Crippen LogP contribution in [0.4, 0.5) is 13.2 Å². The summed E-state index contributed by atoms with van der Waals surface area (Å²) >= 11 is 0.996. The fourth-order valence-corrected chi connectivity index (χ4v) is 4.59. The molecular weight excluding hydrogens is 409 g/mol. The van der Waals surface area contributed by atoms with E-state index in [1.54, 1.807) is 0 Å². The number of hydrogen-bond donors (Lipinski definition) is 1. The maximum atomic E-state index is 14.2. The van der Waals surface area contributed by atoms with Gasteiger partial charge in [-0.15, -0.1) is 11.3 Å². The molecule has 0 saturated carbocycles. The average molecular weight is 424 g/mol. The fourth-order valence-electron chi connectivity index (χ4n) is 3.50. The zero-order chi connectivity index (χ0) is 20.8. The lowest BCUT2D eigenvalue weighted by Gasteiger charge is -2.06. The molecule has 0 atom stereocenters. The third-order valence-electron chi connectivity index (χ3n) is 4.93. The van der Waals surface area contributed by atoms with Crippen LogP contribution in [0.15, 0.2) is 54.6 Å². The van der Waals surface area contributed by atoms with Crippen molar-refractivity contribution in [3.63, 3.8) is 0 Å². The van der Waals surface area contributed by atoms with Gasteiger partial charge in [0.25, 0.3) is 0 Å². The molecule has 0 bridgehead atoms. The molecule has 5 rings (SSSR count). The Hall–Kier alpha value is -3.32. The summed E-state index contributed by atoms with van der Waals surface area (Å²) < 4.78 is 47.8. The molecule has 3 aromatic carbocycles. The van der Waals surface area contributed by atoms with Gasteiger partial charge in [0.15, 0.2) is 11.6 Å².